The molecule has 20 heavy (non-hydrogen) atoms. The van der Waals surface area contributed by atoms with Crippen molar-refractivity contribution < 1.29 is 9.53 Å². The number of carbonyl (C=O) groups is 1. The Morgan fingerprint density at radius 3 is 2.80 bits per heavy atom. The quantitative estimate of drug-likeness (QED) is 0.834. The van der Waals surface area contributed by atoms with Gasteiger partial charge in [0.2, 0.25) is 0 Å². The van der Waals surface area contributed by atoms with Crippen LogP contribution in [0.3, 0.4) is 0 Å². The molecule has 1 saturated carbocycles. The molecule has 0 heterocycles. The highest BCUT2D eigenvalue weighted by Gasteiger charge is 2.33. The van der Waals surface area contributed by atoms with Crippen molar-refractivity contribution in [2.45, 2.75) is 45.6 Å². The highest BCUT2D eigenvalue weighted by atomic mass is 16.5. The number of amides is 1. The number of nitrogen functional groups attached to an aromatic ring is 1. The van der Waals surface area contributed by atoms with Crippen LogP contribution < -0.4 is 15.8 Å². The number of hydrogen-bond acceptors (Lipinski definition) is 3. The van der Waals surface area contributed by atoms with E-state index in [4.69, 9.17) is 10.5 Å². The van der Waals surface area contributed by atoms with Gasteiger partial charge in [0.1, 0.15) is 5.75 Å². The number of nitrogens with one attached hydrogen (secondary N) is 1. The van der Waals surface area contributed by atoms with E-state index < -0.39 is 0 Å². The van der Waals surface area contributed by atoms with E-state index in [9.17, 15) is 4.79 Å². The number of hydrogen-bond donors (Lipinski definition) is 2. The molecule has 3 N–H and O–H groups in total. The van der Waals surface area contributed by atoms with Gasteiger partial charge in [-0.3, -0.25) is 4.79 Å². The molecule has 1 fully saturated rings. The summed E-state index contributed by atoms with van der Waals surface area (Å²) in [5.41, 5.74) is 7.07. The molecule has 1 amide bonds. The van der Waals surface area contributed by atoms with Crippen molar-refractivity contribution in [3.05, 3.63) is 23.8 Å². The highest BCUT2D eigenvalue weighted by Crippen LogP contribution is 2.35. The lowest BCUT2D eigenvalue weighted by Crippen LogP contribution is -2.46. The lowest BCUT2D eigenvalue weighted by atomic mass is 9.73. The SMILES string of the molecule is COc1cc(C(=O)NC2CCCCC2(C)C)ccc1N. The van der Waals surface area contributed by atoms with Crippen molar-refractivity contribution in [2.24, 2.45) is 5.41 Å². The van der Waals surface area contributed by atoms with Crippen LogP contribution in [-0.2, 0) is 0 Å². The fourth-order valence-corrected chi connectivity index (χ4v) is 2.86. The van der Waals surface area contributed by atoms with Gasteiger partial charge in [-0.15, -0.1) is 0 Å². The topological polar surface area (TPSA) is 64.3 Å². The van der Waals surface area contributed by atoms with Gasteiger partial charge in [0.05, 0.1) is 12.8 Å². The van der Waals surface area contributed by atoms with Crippen molar-refractivity contribution in [2.75, 3.05) is 12.8 Å². The van der Waals surface area contributed by atoms with E-state index in [0.29, 0.717) is 17.0 Å². The van der Waals surface area contributed by atoms with Gasteiger partial charge in [-0.05, 0) is 36.5 Å². The first kappa shape index (κ1) is 14.7. The Labute approximate surface area is 120 Å². The molecule has 0 saturated heterocycles. The Hall–Kier alpha value is -1.71. The van der Waals surface area contributed by atoms with Gasteiger partial charge in [0, 0.05) is 11.6 Å². The normalized spacial score (nSPS) is 21.2. The summed E-state index contributed by atoms with van der Waals surface area (Å²) < 4.78 is 5.16. The molecular weight excluding hydrogens is 252 g/mol. The van der Waals surface area contributed by atoms with Crippen LogP contribution in [0.15, 0.2) is 18.2 Å². The number of ether oxygens (including phenoxy) is 1. The molecular formula is C16H24N2O2. The van der Waals surface area contributed by atoms with Gasteiger partial charge >= 0.3 is 0 Å². The number of anilines is 1. The smallest absolute Gasteiger partial charge is 0.251 e. The van der Waals surface area contributed by atoms with Crippen LogP contribution in [0.1, 0.15) is 49.9 Å². The van der Waals surface area contributed by atoms with Gasteiger partial charge < -0.3 is 15.8 Å². The molecule has 2 rings (SSSR count). The maximum absolute atomic E-state index is 12.4. The van der Waals surface area contributed by atoms with Gasteiger partial charge in [-0.2, -0.15) is 0 Å². The predicted molar refractivity (Wildman–Crippen MR) is 80.9 cm³/mol. The Balaban J connectivity index is 2.11. The predicted octanol–water partition coefficient (Wildman–Crippen LogP) is 2.98. The van der Waals surface area contributed by atoms with Gasteiger partial charge in [-0.1, -0.05) is 26.7 Å². The summed E-state index contributed by atoms with van der Waals surface area (Å²) in [5, 5.41) is 3.16. The third-order valence-electron chi connectivity index (χ3n) is 4.31. The van der Waals surface area contributed by atoms with Crippen LogP contribution in [0.4, 0.5) is 5.69 Å². The monoisotopic (exact) mass is 276 g/mol. The fraction of sp³-hybridized carbons (Fsp3) is 0.562. The lowest BCUT2D eigenvalue weighted by Gasteiger charge is -2.39. The summed E-state index contributed by atoms with van der Waals surface area (Å²) in [6.45, 7) is 4.45. The molecule has 0 aromatic heterocycles. The van der Waals surface area contributed by atoms with Crippen LogP contribution >= 0.6 is 0 Å². The second-order valence-electron chi connectivity index (χ2n) is 6.22. The first-order valence-electron chi connectivity index (χ1n) is 7.18. The molecule has 0 aliphatic heterocycles. The van der Waals surface area contributed by atoms with Crippen molar-refractivity contribution in [3.63, 3.8) is 0 Å². The third-order valence-corrected chi connectivity index (χ3v) is 4.31. The van der Waals surface area contributed by atoms with E-state index in [1.165, 1.54) is 12.8 Å². The van der Waals surface area contributed by atoms with E-state index in [1.807, 2.05) is 0 Å². The van der Waals surface area contributed by atoms with Crippen molar-refractivity contribution in [1.82, 2.24) is 5.32 Å². The molecule has 0 bridgehead atoms. The zero-order valence-electron chi connectivity index (χ0n) is 12.5. The average molecular weight is 276 g/mol. The fourth-order valence-electron chi connectivity index (χ4n) is 2.86. The van der Waals surface area contributed by atoms with Gasteiger partial charge in [0.15, 0.2) is 0 Å². The maximum Gasteiger partial charge on any atom is 0.251 e. The van der Waals surface area contributed by atoms with E-state index in [0.717, 1.165) is 12.8 Å². The molecule has 4 heteroatoms. The molecule has 1 aromatic rings. The Morgan fingerprint density at radius 2 is 2.15 bits per heavy atom. The first-order chi connectivity index (χ1) is 9.44. The summed E-state index contributed by atoms with van der Waals surface area (Å²) in [5.74, 6) is 0.490. The lowest BCUT2D eigenvalue weighted by molar-refractivity contribution is 0.0853. The molecule has 1 atom stereocenters. The van der Waals surface area contributed by atoms with Crippen molar-refractivity contribution >= 4 is 11.6 Å². The molecule has 1 aromatic carbocycles. The molecule has 1 aliphatic carbocycles. The van der Waals surface area contributed by atoms with E-state index in [-0.39, 0.29) is 17.4 Å². The number of nitrogens with two attached hydrogens (primary N) is 1. The van der Waals surface area contributed by atoms with Crippen LogP contribution in [0, 0.1) is 5.41 Å². The Kier molecular flexibility index (Phi) is 4.21. The zero-order chi connectivity index (χ0) is 14.8. The zero-order valence-corrected chi connectivity index (χ0v) is 12.5. The van der Waals surface area contributed by atoms with Crippen LogP contribution in [0.25, 0.3) is 0 Å². The van der Waals surface area contributed by atoms with Crippen LogP contribution in [0.2, 0.25) is 0 Å². The first-order valence-corrected chi connectivity index (χ1v) is 7.18. The molecule has 0 radical (unpaired) electrons. The molecule has 110 valence electrons. The van der Waals surface area contributed by atoms with Gasteiger partial charge in [0.25, 0.3) is 5.91 Å². The second-order valence-corrected chi connectivity index (χ2v) is 6.22. The van der Waals surface area contributed by atoms with Crippen molar-refractivity contribution in [3.8, 4) is 5.75 Å². The molecule has 1 unspecified atom stereocenters. The minimum absolute atomic E-state index is 0.0525. The summed E-state index contributed by atoms with van der Waals surface area (Å²) >= 11 is 0. The minimum Gasteiger partial charge on any atom is -0.495 e. The van der Waals surface area contributed by atoms with Gasteiger partial charge in [-0.25, -0.2) is 0 Å². The number of carbonyl (C=O) groups excluding carboxylic acids is 1. The average Bonchev–Trinajstić information content (AvgIpc) is 2.41. The summed E-state index contributed by atoms with van der Waals surface area (Å²) in [7, 11) is 1.55. The van der Waals surface area contributed by atoms with E-state index >= 15 is 0 Å². The second kappa shape index (κ2) is 5.73. The molecule has 4 nitrogen and oxygen atoms in total. The summed E-state index contributed by atoms with van der Waals surface area (Å²) in [6.07, 6.45) is 4.63. The Morgan fingerprint density at radius 1 is 1.40 bits per heavy atom. The molecule has 0 spiro atoms. The van der Waals surface area contributed by atoms with E-state index in [1.54, 1.807) is 25.3 Å². The van der Waals surface area contributed by atoms with Crippen molar-refractivity contribution in [1.29, 1.82) is 0 Å². The summed E-state index contributed by atoms with van der Waals surface area (Å²) in [4.78, 5) is 12.4. The Bertz CT molecular complexity index is 497. The van der Waals surface area contributed by atoms with Crippen LogP contribution in [0.5, 0.6) is 5.75 Å². The van der Waals surface area contributed by atoms with Crippen LogP contribution in [-0.4, -0.2) is 19.1 Å². The van der Waals surface area contributed by atoms with E-state index in [2.05, 4.69) is 19.2 Å². The number of rotatable bonds is 3. The minimum atomic E-state index is -0.0525. The third kappa shape index (κ3) is 3.06. The number of methoxy groups -OCH3 is 1. The standard InChI is InChI=1S/C16H24N2O2/c1-16(2)9-5-4-6-14(16)18-15(19)11-7-8-12(17)13(10-11)20-3/h7-8,10,14H,4-6,9,17H2,1-3H3,(H,18,19). The highest BCUT2D eigenvalue weighted by molar-refractivity contribution is 5.95. The molecule has 1 aliphatic rings. The number of benzene rings is 1. The summed E-state index contributed by atoms with van der Waals surface area (Å²) in [6, 6.07) is 5.37. The largest absolute Gasteiger partial charge is 0.495 e. The maximum atomic E-state index is 12.4.